The van der Waals surface area contributed by atoms with Crippen LogP contribution in [0.25, 0.3) is 0 Å². The minimum absolute atomic E-state index is 0.356. The Kier molecular flexibility index (Phi) is 4.72. The number of hydrazone groups is 1. The molecule has 0 saturated carbocycles. The molecule has 0 fully saturated rings. The van der Waals surface area contributed by atoms with Gasteiger partial charge in [-0.3, -0.25) is 0 Å². The summed E-state index contributed by atoms with van der Waals surface area (Å²) < 4.78 is 0. The quantitative estimate of drug-likeness (QED) is 0.651. The van der Waals surface area contributed by atoms with Gasteiger partial charge in [-0.1, -0.05) is 35.9 Å². The van der Waals surface area contributed by atoms with Crippen LogP contribution in [0.3, 0.4) is 0 Å². The fraction of sp³-hybridized carbons (Fsp3) is 0.176. The van der Waals surface area contributed by atoms with Crippen LogP contribution in [0.5, 0.6) is 0 Å². The molecule has 0 aliphatic rings. The molecule has 0 bridgehead atoms. The molecule has 0 saturated heterocycles. The zero-order chi connectivity index (χ0) is 15.2. The molecule has 2 aromatic carbocycles. The van der Waals surface area contributed by atoms with E-state index >= 15 is 0 Å². The van der Waals surface area contributed by atoms with E-state index in [4.69, 9.17) is 0 Å². The van der Waals surface area contributed by atoms with Crippen LogP contribution in [-0.2, 0) is 0 Å². The second kappa shape index (κ2) is 6.70. The predicted molar refractivity (Wildman–Crippen MR) is 86.7 cm³/mol. The normalized spacial score (nSPS) is 11.1. The zero-order valence-corrected chi connectivity index (χ0v) is 12.5. The third-order valence-electron chi connectivity index (χ3n) is 3.14. The highest BCUT2D eigenvalue weighted by Gasteiger charge is 2.04. The molecule has 0 atom stereocenters. The summed E-state index contributed by atoms with van der Waals surface area (Å²) in [5.74, 6) is 0. The number of urea groups is 1. The lowest BCUT2D eigenvalue weighted by Crippen LogP contribution is -2.25. The summed E-state index contributed by atoms with van der Waals surface area (Å²) in [5, 5.41) is 6.86. The van der Waals surface area contributed by atoms with Crippen LogP contribution in [0, 0.1) is 13.8 Å². The molecular formula is C17H19N3O. The van der Waals surface area contributed by atoms with E-state index in [1.54, 1.807) is 0 Å². The lowest BCUT2D eigenvalue weighted by molar-refractivity contribution is 0.252. The highest BCUT2D eigenvalue weighted by Crippen LogP contribution is 2.11. The molecule has 2 aromatic rings. The number of anilines is 1. The van der Waals surface area contributed by atoms with Crippen molar-refractivity contribution in [2.45, 2.75) is 20.8 Å². The first-order chi connectivity index (χ1) is 10.1. The molecule has 0 heterocycles. The maximum atomic E-state index is 11.8. The van der Waals surface area contributed by atoms with Crippen LogP contribution in [0.15, 0.2) is 53.6 Å². The van der Waals surface area contributed by atoms with Gasteiger partial charge < -0.3 is 5.32 Å². The highest BCUT2D eigenvalue weighted by atomic mass is 16.2. The van der Waals surface area contributed by atoms with Crippen molar-refractivity contribution in [3.05, 3.63) is 65.2 Å². The van der Waals surface area contributed by atoms with Gasteiger partial charge in [0.05, 0.1) is 5.71 Å². The van der Waals surface area contributed by atoms with Crippen molar-refractivity contribution >= 4 is 17.4 Å². The lowest BCUT2D eigenvalue weighted by atomic mass is 10.0. The molecule has 0 spiro atoms. The number of aryl methyl sites for hydroxylation is 2. The molecule has 0 unspecified atom stereocenters. The number of rotatable bonds is 3. The van der Waals surface area contributed by atoms with E-state index in [-0.39, 0.29) is 6.03 Å². The molecule has 4 nitrogen and oxygen atoms in total. The number of amides is 2. The Labute approximate surface area is 124 Å². The van der Waals surface area contributed by atoms with E-state index < -0.39 is 0 Å². The second-order valence-corrected chi connectivity index (χ2v) is 4.95. The largest absolute Gasteiger partial charge is 0.339 e. The predicted octanol–water partition coefficient (Wildman–Crippen LogP) is 3.85. The third-order valence-corrected chi connectivity index (χ3v) is 3.14. The van der Waals surface area contributed by atoms with Crippen LogP contribution >= 0.6 is 0 Å². The number of nitrogens with one attached hydrogen (secondary N) is 2. The van der Waals surface area contributed by atoms with Gasteiger partial charge >= 0.3 is 6.03 Å². The van der Waals surface area contributed by atoms with E-state index in [9.17, 15) is 4.79 Å². The average Bonchev–Trinajstić information content (AvgIpc) is 2.48. The molecule has 4 heteroatoms. The number of benzene rings is 2. The van der Waals surface area contributed by atoms with Gasteiger partial charge in [-0.15, -0.1) is 0 Å². The van der Waals surface area contributed by atoms with E-state index in [0.29, 0.717) is 0 Å². The summed E-state index contributed by atoms with van der Waals surface area (Å²) >= 11 is 0. The van der Waals surface area contributed by atoms with Crippen molar-refractivity contribution in [1.82, 2.24) is 5.43 Å². The maximum absolute atomic E-state index is 11.8. The number of carbonyl (C=O) groups is 1. The van der Waals surface area contributed by atoms with Gasteiger partial charge in [0.1, 0.15) is 0 Å². The second-order valence-electron chi connectivity index (χ2n) is 4.95. The number of hydrogen-bond acceptors (Lipinski definition) is 2. The minimum Gasteiger partial charge on any atom is -0.307 e. The lowest BCUT2D eigenvalue weighted by Gasteiger charge is -2.08. The van der Waals surface area contributed by atoms with Crippen molar-refractivity contribution in [2.24, 2.45) is 5.10 Å². The van der Waals surface area contributed by atoms with Crippen molar-refractivity contribution in [2.75, 3.05) is 5.32 Å². The van der Waals surface area contributed by atoms with E-state index in [1.165, 1.54) is 5.56 Å². The van der Waals surface area contributed by atoms with E-state index in [2.05, 4.69) is 28.0 Å². The van der Waals surface area contributed by atoms with Crippen molar-refractivity contribution in [1.29, 1.82) is 0 Å². The van der Waals surface area contributed by atoms with Crippen molar-refractivity contribution < 1.29 is 4.79 Å². The first-order valence-corrected chi connectivity index (χ1v) is 6.80. The van der Waals surface area contributed by atoms with Crippen molar-refractivity contribution in [3.63, 3.8) is 0 Å². The maximum Gasteiger partial charge on any atom is 0.339 e. The van der Waals surface area contributed by atoms with Gasteiger partial charge in [0.15, 0.2) is 0 Å². The topological polar surface area (TPSA) is 53.5 Å². The molecule has 0 radical (unpaired) electrons. The van der Waals surface area contributed by atoms with E-state index in [1.807, 2.05) is 57.2 Å². The van der Waals surface area contributed by atoms with Crippen LogP contribution in [-0.4, -0.2) is 11.7 Å². The molecule has 0 aliphatic carbocycles. The number of para-hydroxylation sites is 1. The fourth-order valence-corrected chi connectivity index (χ4v) is 2.00. The number of nitrogens with zero attached hydrogens (tertiary/aromatic N) is 1. The Morgan fingerprint density at radius 3 is 2.48 bits per heavy atom. The van der Waals surface area contributed by atoms with Gasteiger partial charge in [0.25, 0.3) is 0 Å². The van der Waals surface area contributed by atoms with Gasteiger partial charge in [0, 0.05) is 11.3 Å². The monoisotopic (exact) mass is 281 g/mol. The Balaban J connectivity index is 2.03. The molecule has 0 aromatic heterocycles. The van der Waals surface area contributed by atoms with Gasteiger partial charge in [-0.25, -0.2) is 10.2 Å². The summed E-state index contributed by atoms with van der Waals surface area (Å²) in [6.45, 7) is 5.94. The first kappa shape index (κ1) is 14.8. The van der Waals surface area contributed by atoms with Gasteiger partial charge in [-0.05, 0) is 44.5 Å². The molecule has 2 rings (SSSR count). The highest BCUT2D eigenvalue weighted by molar-refractivity contribution is 6.01. The Hall–Kier alpha value is -2.62. The first-order valence-electron chi connectivity index (χ1n) is 6.80. The Morgan fingerprint density at radius 1 is 1.05 bits per heavy atom. The Bertz CT molecular complexity index is 663. The van der Waals surface area contributed by atoms with Crippen LogP contribution in [0.1, 0.15) is 23.6 Å². The standard InChI is InChI=1S/C17H19N3O/c1-12-9-10-13(2)16(11-12)14(3)19-20-17(21)18-15-7-5-4-6-8-15/h4-11H,1-3H3,(H2,18,20,21)/b19-14-. The molecule has 2 N–H and O–H groups in total. The zero-order valence-electron chi connectivity index (χ0n) is 12.5. The average molecular weight is 281 g/mol. The smallest absolute Gasteiger partial charge is 0.307 e. The van der Waals surface area contributed by atoms with Crippen LogP contribution < -0.4 is 10.7 Å². The van der Waals surface area contributed by atoms with Gasteiger partial charge in [-0.2, -0.15) is 5.10 Å². The molecule has 2 amide bonds. The van der Waals surface area contributed by atoms with Gasteiger partial charge in [0.2, 0.25) is 0 Å². The molecular weight excluding hydrogens is 262 g/mol. The summed E-state index contributed by atoms with van der Waals surface area (Å²) in [5.41, 5.74) is 7.36. The summed E-state index contributed by atoms with van der Waals surface area (Å²) in [6, 6.07) is 15.1. The van der Waals surface area contributed by atoms with Crippen LogP contribution in [0.2, 0.25) is 0 Å². The summed E-state index contributed by atoms with van der Waals surface area (Å²) in [7, 11) is 0. The third kappa shape index (κ3) is 4.18. The van der Waals surface area contributed by atoms with E-state index in [0.717, 1.165) is 22.5 Å². The van der Waals surface area contributed by atoms with Crippen LogP contribution in [0.4, 0.5) is 10.5 Å². The minimum atomic E-state index is -0.356. The summed E-state index contributed by atoms with van der Waals surface area (Å²) in [4.78, 5) is 11.8. The Morgan fingerprint density at radius 2 is 1.76 bits per heavy atom. The molecule has 108 valence electrons. The number of carbonyl (C=O) groups excluding carboxylic acids is 1. The molecule has 21 heavy (non-hydrogen) atoms. The number of hydrogen-bond donors (Lipinski definition) is 2. The van der Waals surface area contributed by atoms with Crippen molar-refractivity contribution in [3.8, 4) is 0 Å². The summed E-state index contributed by atoms with van der Waals surface area (Å²) in [6.07, 6.45) is 0. The molecule has 0 aliphatic heterocycles. The fourth-order valence-electron chi connectivity index (χ4n) is 2.00. The SMILES string of the molecule is C/C(=N/NC(=O)Nc1ccccc1)c1cc(C)ccc1C.